The van der Waals surface area contributed by atoms with Gasteiger partial charge < -0.3 is 15.6 Å². The Morgan fingerprint density at radius 3 is 2.75 bits per heavy atom. The Balaban J connectivity index is 2.39. The maximum Gasteiger partial charge on any atom is 0.123 e. The van der Waals surface area contributed by atoms with Gasteiger partial charge in [-0.25, -0.2) is 0 Å². The Morgan fingerprint density at radius 2 is 2.25 bits per heavy atom. The monoisotopic (exact) mass is 285 g/mol. The van der Waals surface area contributed by atoms with Gasteiger partial charge in [-0.05, 0) is 25.0 Å². The summed E-state index contributed by atoms with van der Waals surface area (Å²) in [7, 11) is 1.66. The van der Waals surface area contributed by atoms with E-state index in [0.717, 1.165) is 28.6 Å². The average Bonchev–Trinajstić information content (AvgIpc) is 2.24. The van der Waals surface area contributed by atoms with Gasteiger partial charge in [0.15, 0.2) is 0 Å². The van der Waals surface area contributed by atoms with Gasteiger partial charge in [-0.3, -0.25) is 0 Å². The average molecular weight is 286 g/mol. The van der Waals surface area contributed by atoms with Crippen LogP contribution in [0.5, 0.6) is 5.75 Å². The molecule has 4 heteroatoms. The van der Waals surface area contributed by atoms with Crippen molar-refractivity contribution in [2.45, 2.75) is 24.4 Å². The lowest BCUT2D eigenvalue weighted by molar-refractivity contribution is 0.0211. The second kappa shape index (κ2) is 4.35. The van der Waals surface area contributed by atoms with E-state index in [9.17, 15) is 5.11 Å². The molecule has 88 valence electrons. The second-order valence-corrected chi connectivity index (χ2v) is 5.31. The third-order valence-electron chi connectivity index (χ3n) is 3.38. The van der Waals surface area contributed by atoms with Crippen molar-refractivity contribution in [3.8, 4) is 5.75 Å². The molecule has 0 amide bonds. The predicted molar refractivity (Wildman–Crippen MR) is 66.7 cm³/mol. The largest absolute Gasteiger partial charge is 0.496 e. The minimum Gasteiger partial charge on any atom is -0.496 e. The van der Waals surface area contributed by atoms with Crippen molar-refractivity contribution in [3.63, 3.8) is 0 Å². The Kier molecular flexibility index (Phi) is 3.24. The zero-order valence-electron chi connectivity index (χ0n) is 9.24. The van der Waals surface area contributed by atoms with E-state index in [1.807, 2.05) is 18.2 Å². The number of ether oxygens (including phenoxy) is 1. The fourth-order valence-corrected chi connectivity index (χ4v) is 2.78. The van der Waals surface area contributed by atoms with Gasteiger partial charge in [0.1, 0.15) is 5.75 Å². The highest BCUT2D eigenvalue weighted by Crippen LogP contribution is 2.46. The van der Waals surface area contributed by atoms with Crippen LogP contribution in [-0.4, -0.2) is 24.9 Å². The number of hydrogen-bond donors (Lipinski definition) is 2. The van der Waals surface area contributed by atoms with Gasteiger partial charge >= 0.3 is 0 Å². The first-order valence-corrected chi connectivity index (χ1v) is 6.13. The number of aliphatic hydroxyl groups is 1. The zero-order chi connectivity index (χ0) is 11.8. The van der Waals surface area contributed by atoms with Crippen LogP contribution in [0, 0.1) is 0 Å². The molecule has 1 aliphatic rings. The molecule has 0 aromatic heterocycles. The van der Waals surface area contributed by atoms with Crippen LogP contribution in [-0.2, 0) is 5.41 Å². The fourth-order valence-electron chi connectivity index (χ4n) is 2.44. The topological polar surface area (TPSA) is 55.5 Å². The van der Waals surface area contributed by atoms with Crippen LogP contribution in [0.4, 0.5) is 0 Å². The zero-order valence-corrected chi connectivity index (χ0v) is 10.8. The lowest BCUT2D eigenvalue weighted by Gasteiger charge is -2.45. The standard InChI is InChI=1S/C12H16BrNO2/c1-16-11-4-8(13)2-3-10(11)12(7-14)5-9(15)6-12/h2-4,9,15H,5-7,14H2,1H3. The summed E-state index contributed by atoms with van der Waals surface area (Å²) in [6.45, 7) is 0.544. The molecule has 1 aliphatic carbocycles. The van der Waals surface area contributed by atoms with Crippen LogP contribution in [0.3, 0.4) is 0 Å². The van der Waals surface area contributed by atoms with Crippen LogP contribution in [0.1, 0.15) is 18.4 Å². The van der Waals surface area contributed by atoms with Crippen molar-refractivity contribution in [1.82, 2.24) is 0 Å². The van der Waals surface area contributed by atoms with Gasteiger partial charge in [0.05, 0.1) is 13.2 Å². The van der Waals surface area contributed by atoms with Gasteiger partial charge in [-0.15, -0.1) is 0 Å². The summed E-state index contributed by atoms with van der Waals surface area (Å²) in [5.74, 6) is 0.840. The maximum atomic E-state index is 9.49. The van der Waals surface area contributed by atoms with Crippen LogP contribution in [0.2, 0.25) is 0 Å². The molecule has 16 heavy (non-hydrogen) atoms. The normalized spacial score (nSPS) is 28.6. The van der Waals surface area contributed by atoms with Crippen LogP contribution < -0.4 is 10.5 Å². The lowest BCUT2D eigenvalue weighted by Crippen LogP contribution is -2.49. The minimum absolute atomic E-state index is 0.106. The number of rotatable bonds is 3. The van der Waals surface area contributed by atoms with E-state index >= 15 is 0 Å². The van der Waals surface area contributed by atoms with Gasteiger partial charge in [0.2, 0.25) is 0 Å². The molecule has 0 radical (unpaired) electrons. The van der Waals surface area contributed by atoms with Crippen LogP contribution in [0.15, 0.2) is 22.7 Å². The van der Waals surface area contributed by atoms with E-state index < -0.39 is 0 Å². The molecule has 0 aliphatic heterocycles. The molecule has 0 bridgehead atoms. The van der Waals surface area contributed by atoms with Crippen molar-refractivity contribution >= 4 is 15.9 Å². The van der Waals surface area contributed by atoms with Crippen molar-refractivity contribution in [2.24, 2.45) is 5.73 Å². The highest BCUT2D eigenvalue weighted by atomic mass is 79.9. The molecule has 3 nitrogen and oxygen atoms in total. The minimum atomic E-state index is -0.225. The molecule has 0 spiro atoms. The van der Waals surface area contributed by atoms with Crippen LogP contribution in [0.25, 0.3) is 0 Å². The van der Waals surface area contributed by atoms with Crippen molar-refractivity contribution in [2.75, 3.05) is 13.7 Å². The number of hydrogen-bond acceptors (Lipinski definition) is 3. The number of aliphatic hydroxyl groups excluding tert-OH is 1. The molecular formula is C12H16BrNO2. The molecule has 0 unspecified atom stereocenters. The van der Waals surface area contributed by atoms with E-state index in [2.05, 4.69) is 15.9 Å². The summed E-state index contributed by atoms with van der Waals surface area (Å²) in [6.07, 6.45) is 1.22. The number of nitrogens with two attached hydrogens (primary N) is 1. The van der Waals surface area contributed by atoms with Gasteiger partial charge in [0, 0.05) is 22.0 Å². The highest BCUT2D eigenvalue weighted by molar-refractivity contribution is 9.10. The Morgan fingerprint density at radius 1 is 1.56 bits per heavy atom. The van der Waals surface area contributed by atoms with Gasteiger partial charge in [-0.2, -0.15) is 0 Å². The molecule has 1 aromatic carbocycles. The van der Waals surface area contributed by atoms with Crippen molar-refractivity contribution < 1.29 is 9.84 Å². The molecule has 0 saturated heterocycles. The third-order valence-corrected chi connectivity index (χ3v) is 3.87. The summed E-state index contributed by atoms with van der Waals surface area (Å²) in [6, 6.07) is 5.96. The first-order valence-electron chi connectivity index (χ1n) is 5.33. The lowest BCUT2D eigenvalue weighted by atomic mass is 9.62. The number of methoxy groups -OCH3 is 1. The summed E-state index contributed by atoms with van der Waals surface area (Å²) in [5, 5.41) is 9.49. The summed E-state index contributed by atoms with van der Waals surface area (Å²) in [4.78, 5) is 0. The molecule has 1 fully saturated rings. The number of halogens is 1. The molecule has 0 heterocycles. The number of benzene rings is 1. The second-order valence-electron chi connectivity index (χ2n) is 4.39. The van der Waals surface area contributed by atoms with E-state index in [4.69, 9.17) is 10.5 Å². The fraction of sp³-hybridized carbons (Fsp3) is 0.500. The summed E-state index contributed by atoms with van der Waals surface area (Å²) in [5.41, 5.74) is 6.84. The Bertz CT molecular complexity index is 389. The molecule has 3 N–H and O–H groups in total. The van der Waals surface area contributed by atoms with E-state index in [1.54, 1.807) is 7.11 Å². The van der Waals surface area contributed by atoms with Crippen molar-refractivity contribution in [3.05, 3.63) is 28.2 Å². The van der Waals surface area contributed by atoms with Crippen LogP contribution >= 0.6 is 15.9 Å². The van der Waals surface area contributed by atoms with E-state index in [0.29, 0.717) is 6.54 Å². The molecule has 1 aromatic rings. The van der Waals surface area contributed by atoms with Gasteiger partial charge in [0.25, 0.3) is 0 Å². The van der Waals surface area contributed by atoms with E-state index in [1.165, 1.54) is 0 Å². The van der Waals surface area contributed by atoms with Crippen molar-refractivity contribution in [1.29, 1.82) is 0 Å². The first-order chi connectivity index (χ1) is 7.61. The first kappa shape index (κ1) is 11.9. The summed E-state index contributed by atoms with van der Waals surface area (Å²) < 4.78 is 6.36. The molecular weight excluding hydrogens is 270 g/mol. The third kappa shape index (κ3) is 1.85. The Hall–Kier alpha value is -0.580. The quantitative estimate of drug-likeness (QED) is 0.891. The van der Waals surface area contributed by atoms with Gasteiger partial charge in [-0.1, -0.05) is 22.0 Å². The smallest absolute Gasteiger partial charge is 0.123 e. The van der Waals surface area contributed by atoms with E-state index in [-0.39, 0.29) is 11.5 Å². The Labute approximate surface area is 104 Å². The molecule has 0 atom stereocenters. The summed E-state index contributed by atoms with van der Waals surface area (Å²) >= 11 is 3.42. The molecule has 1 saturated carbocycles. The predicted octanol–water partition coefficient (Wildman–Crippen LogP) is 1.81. The molecule has 2 rings (SSSR count). The maximum absolute atomic E-state index is 9.49. The SMILES string of the molecule is COc1cc(Br)ccc1C1(CN)CC(O)C1. The highest BCUT2D eigenvalue weighted by Gasteiger charge is 2.45.